The lowest BCUT2D eigenvalue weighted by Crippen LogP contribution is -2.29. The van der Waals surface area contributed by atoms with E-state index in [1.807, 2.05) is 0 Å². The van der Waals surface area contributed by atoms with Crippen molar-refractivity contribution >= 4 is 27.3 Å². The Kier molecular flexibility index (Phi) is 4.91. The van der Waals surface area contributed by atoms with Crippen LogP contribution in [-0.4, -0.2) is 37.5 Å². The smallest absolute Gasteiger partial charge is 0.285 e. The number of rotatable bonds is 6. The van der Waals surface area contributed by atoms with Crippen LogP contribution in [0.15, 0.2) is 11.0 Å². The second-order valence-corrected chi connectivity index (χ2v) is 5.47. The quantitative estimate of drug-likeness (QED) is 0.668. The Hall–Kier alpha value is -1.12. The van der Waals surface area contributed by atoms with Gasteiger partial charge >= 0.3 is 0 Å². The molecule has 1 aromatic heterocycles. The van der Waals surface area contributed by atoms with Crippen molar-refractivity contribution < 1.29 is 8.42 Å². The fourth-order valence-corrected chi connectivity index (χ4v) is 2.23. The number of hydrogen-bond acceptors (Lipinski definition) is 5. The molecule has 3 N–H and O–H groups in total. The molecule has 0 atom stereocenters. The summed E-state index contributed by atoms with van der Waals surface area (Å²) in [5, 5.41) is 8.40. The summed E-state index contributed by atoms with van der Waals surface area (Å²) in [6.45, 7) is 2.18. The van der Waals surface area contributed by atoms with E-state index in [9.17, 15) is 13.2 Å². The van der Waals surface area contributed by atoms with Gasteiger partial charge in [0.1, 0.15) is 5.02 Å². The minimum atomic E-state index is -3.29. The van der Waals surface area contributed by atoms with Gasteiger partial charge < -0.3 is 5.32 Å². The van der Waals surface area contributed by atoms with Gasteiger partial charge in [-0.1, -0.05) is 18.5 Å². The van der Waals surface area contributed by atoms with Crippen molar-refractivity contribution in [2.24, 2.45) is 0 Å². The number of nitrogens with one attached hydrogen (secondary N) is 3. The maximum absolute atomic E-state index is 11.3. The van der Waals surface area contributed by atoms with Crippen molar-refractivity contribution in [3.8, 4) is 0 Å². The molecule has 0 radical (unpaired) electrons. The summed E-state index contributed by atoms with van der Waals surface area (Å²) in [7, 11) is -3.29. The molecule has 96 valence electrons. The molecule has 0 bridgehead atoms. The van der Waals surface area contributed by atoms with Crippen LogP contribution in [0.4, 0.5) is 5.69 Å². The topological polar surface area (TPSA) is 104 Å². The number of sulfonamides is 1. The number of aromatic nitrogens is 2. The molecule has 1 heterocycles. The van der Waals surface area contributed by atoms with Crippen molar-refractivity contribution in [2.75, 3.05) is 24.2 Å². The van der Waals surface area contributed by atoms with Crippen molar-refractivity contribution in [2.45, 2.75) is 6.92 Å². The first-order chi connectivity index (χ1) is 7.96. The zero-order valence-electron chi connectivity index (χ0n) is 9.16. The van der Waals surface area contributed by atoms with Crippen LogP contribution in [0.1, 0.15) is 6.92 Å². The highest BCUT2D eigenvalue weighted by Gasteiger charge is 2.09. The van der Waals surface area contributed by atoms with Gasteiger partial charge in [-0.25, -0.2) is 18.2 Å². The first kappa shape index (κ1) is 13.9. The number of halogens is 1. The van der Waals surface area contributed by atoms with Gasteiger partial charge in [-0.2, -0.15) is 5.10 Å². The van der Waals surface area contributed by atoms with Gasteiger partial charge in [0.2, 0.25) is 10.0 Å². The van der Waals surface area contributed by atoms with Crippen molar-refractivity contribution in [3.63, 3.8) is 0 Å². The summed E-state index contributed by atoms with van der Waals surface area (Å²) in [6, 6.07) is 0. The van der Waals surface area contributed by atoms with Crippen LogP contribution in [0.5, 0.6) is 0 Å². The molecular weight excluding hydrogens is 268 g/mol. The fourth-order valence-electron chi connectivity index (χ4n) is 1.12. The van der Waals surface area contributed by atoms with Gasteiger partial charge in [-0.15, -0.1) is 0 Å². The average Bonchev–Trinajstić information content (AvgIpc) is 2.24. The van der Waals surface area contributed by atoms with Gasteiger partial charge in [0, 0.05) is 13.1 Å². The molecule has 0 fully saturated rings. The van der Waals surface area contributed by atoms with E-state index in [0.29, 0.717) is 12.2 Å². The minimum absolute atomic E-state index is 0.0409. The highest BCUT2D eigenvalue weighted by molar-refractivity contribution is 7.89. The summed E-state index contributed by atoms with van der Waals surface area (Å²) in [4.78, 5) is 11.1. The molecule has 1 aromatic rings. The summed E-state index contributed by atoms with van der Waals surface area (Å²) in [5.74, 6) is -0.107. The Balaban J connectivity index is 2.58. The molecule has 0 spiro atoms. The molecule has 0 unspecified atom stereocenters. The Morgan fingerprint density at radius 3 is 2.88 bits per heavy atom. The van der Waals surface area contributed by atoms with E-state index in [4.69, 9.17) is 11.6 Å². The van der Waals surface area contributed by atoms with E-state index in [1.165, 1.54) is 6.20 Å². The second-order valence-electron chi connectivity index (χ2n) is 3.17. The van der Waals surface area contributed by atoms with Crippen LogP contribution >= 0.6 is 11.6 Å². The third-order valence-electron chi connectivity index (χ3n) is 1.85. The van der Waals surface area contributed by atoms with Crippen LogP contribution in [-0.2, 0) is 10.0 Å². The van der Waals surface area contributed by atoms with Crippen molar-refractivity contribution in [3.05, 3.63) is 21.6 Å². The molecule has 0 aromatic carbocycles. The first-order valence-electron chi connectivity index (χ1n) is 4.90. The van der Waals surface area contributed by atoms with Gasteiger partial charge in [0.25, 0.3) is 5.56 Å². The zero-order valence-corrected chi connectivity index (χ0v) is 10.7. The van der Waals surface area contributed by atoms with Crippen LogP contribution in [0, 0.1) is 0 Å². The SMILES string of the molecule is CCNS(=O)(=O)CCNc1cn[nH]c(=O)c1Cl. The molecule has 7 nitrogen and oxygen atoms in total. The molecule has 17 heavy (non-hydrogen) atoms. The third kappa shape index (κ3) is 4.33. The summed E-state index contributed by atoms with van der Waals surface area (Å²) in [5.41, 5.74) is -0.215. The summed E-state index contributed by atoms with van der Waals surface area (Å²) < 4.78 is 25.0. The molecule has 1 rings (SSSR count). The maximum atomic E-state index is 11.3. The van der Waals surface area contributed by atoms with E-state index >= 15 is 0 Å². The van der Waals surface area contributed by atoms with Gasteiger partial charge in [-0.05, 0) is 0 Å². The highest BCUT2D eigenvalue weighted by Crippen LogP contribution is 2.13. The highest BCUT2D eigenvalue weighted by atomic mass is 35.5. The van der Waals surface area contributed by atoms with Crippen LogP contribution < -0.4 is 15.6 Å². The Labute approximate surface area is 104 Å². The van der Waals surface area contributed by atoms with Gasteiger partial charge in [0.15, 0.2) is 0 Å². The van der Waals surface area contributed by atoms with Crippen molar-refractivity contribution in [1.29, 1.82) is 0 Å². The van der Waals surface area contributed by atoms with Gasteiger partial charge in [0.05, 0.1) is 17.6 Å². The normalized spacial score (nSPS) is 11.4. The van der Waals surface area contributed by atoms with E-state index in [0.717, 1.165) is 0 Å². The number of aromatic amines is 1. The summed E-state index contributed by atoms with van der Waals surface area (Å²) >= 11 is 5.69. The molecule has 0 amide bonds. The van der Waals surface area contributed by atoms with Crippen molar-refractivity contribution in [1.82, 2.24) is 14.9 Å². The summed E-state index contributed by atoms with van der Waals surface area (Å²) in [6.07, 6.45) is 1.32. The molecule has 0 saturated heterocycles. The van der Waals surface area contributed by atoms with Crippen LogP contribution in [0.3, 0.4) is 0 Å². The Morgan fingerprint density at radius 2 is 2.24 bits per heavy atom. The maximum Gasteiger partial charge on any atom is 0.285 e. The minimum Gasteiger partial charge on any atom is -0.381 e. The zero-order chi connectivity index (χ0) is 12.9. The Bertz CT molecular complexity index is 528. The number of nitrogens with zero attached hydrogens (tertiary/aromatic N) is 1. The monoisotopic (exact) mass is 280 g/mol. The molecular formula is C8H13ClN4O3S. The first-order valence-corrected chi connectivity index (χ1v) is 6.93. The second kappa shape index (κ2) is 5.99. The van der Waals surface area contributed by atoms with E-state index < -0.39 is 15.6 Å². The Morgan fingerprint density at radius 1 is 1.53 bits per heavy atom. The number of hydrogen-bond donors (Lipinski definition) is 3. The largest absolute Gasteiger partial charge is 0.381 e. The average molecular weight is 281 g/mol. The molecule has 9 heteroatoms. The molecule has 0 aliphatic rings. The lowest BCUT2D eigenvalue weighted by Gasteiger charge is -2.07. The van der Waals surface area contributed by atoms with Crippen LogP contribution in [0.2, 0.25) is 5.02 Å². The molecule has 0 saturated carbocycles. The lowest BCUT2D eigenvalue weighted by molar-refractivity contribution is 0.584. The lowest BCUT2D eigenvalue weighted by atomic mass is 10.4. The van der Waals surface area contributed by atoms with E-state index in [1.54, 1.807) is 6.92 Å². The van der Waals surface area contributed by atoms with E-state index in [-0.39, 0.29) is 17.3 Å². The van der Waals surface area contributed by atoms with Crippen LogP contribution in [0.25, 0.3) is 0 Å². The molecule has 0 aliphatic carbocycles. The molecule has 0 aliphatic heterocycles. The predicted molar refractivity (Wildman–Crippen MR) is 65.8 cm³/mol. The fraction of sp³-hybridized carbons (Fsp3) is 0.500. The number of H-pyrrole nitrogens is 1. The third-order valence-corrected chi connectivity index (χ3v) is 3.69. The van der Waals surface area contributed by atoms with Gasteiger partial charge in [-0.3, -0.25) is 4.79 Å². The standard InChI is InChI=1S/C8H13ClN4O3S/c1-2-12-17(15,16)4-3-10-6-5-11-13-8(14)7(6)9/h5,12H,2-4H2,1H3,(H2,10,13,14). The van der Waals surface area contributed by atoms with E-state index in [2.05, 4.69) is 20.2 Å². The number of anilines is 1. The predicted octanol–water partition coefficient (Wildman–Crippen LogP) is -0.226.